The van der Waals surface area contributed by atoms with Gasteiger partial charge in [0.1, 0.15) is 5.82 Å². The molecule has 0 unspecified atom stereocenters. The molecule has 2 aromatic rings. The lowest BCUT2D eigenvalue weighted by atomic mass is 10.2. The average Bonchev–Trinajstić information content (AvgIpc) is 2.70. The Balaban J connectivity index is 2.57. The summed E-state index contributed by atoms with van der Waals surface area (Å²) in [6.07, 6.45) is -3.24. The highest BCUT2D eigenvalue weighted by Crippen LogP contribution is 2.35. The largest absolute Gasteiger partial charge is 0.435 e. The third-order valence-corrected chi connectivity index (χ3v) is 1.99. The highest BCUT2D eigenvalue weighted by Gasteiger charge is 2.37. The van der Waals surface area contributed by atoms with Crippen molar-refractivity contribution in [2.45, 2.75) is 6.18 Å². The minimum Gasteiger partial charge on any atom is -0.382 e. The molecule has 86 valence electrons. The molecule has 0 bridgehead atoms. The Morgan fingerprint density at radius 1 is 1.44 bits per heavy atom. The number of alkyl halides is 3. The van der Waals surface area contributed by atoms with Gasteiger partial charge in [-0.25, -0.2) is 0 Å². The predicted molar refractivity (Wildman–Crippen MR) is 50.2 cm³/mol. The van der Waals surface area contributed by atoms with Crippen LogP contribution in [-0.4, -0.2) is 20.0 Å². The number of nitrogens with two attached hydrogens (primary N) is 1. The number of H-pyrrole nitrogens is 1. The number of nitrogen functional groups attached to an aromatic ring is 1. The summed E-state index contributed by atoms with van der Waals surface area (Å²) in [5.74, 6) is 0.131. The second-order valence-corrected chi connectivity index (χ2v) is 3.27. The van der Waals surface area contributed by atoms with Crippen LogP contribution in [0.25, 0.3) is 11.3 Å². The quantitative estimate of drug-likeness (QED) is 0.779. The number of rotatable bonds is 1. The molecule has 0 fully saturated rings. The van der Waals surface area contributed by atoms with E-state index in [9.17, 15) is 13.2 Å². The molecular formula is C8H8F3N5. The topological polar surface area (TPSA) is 72.5 Å². The van der Waals surface area contributed by atoms with E-state index in [2.05, 4.69) is 15.3 Å². The van der Waals surface area contributed by atoms with E-state index in [4.69, 9.17) is 5.73 Å². The molecule has 5 nitrogen and oxygen atoms in total. The molecule has 2 heterocycles. The minimum absolute atomic E-state index is 0.0702. The van der Waals surface area contributed by atoms with Crippen molar-refractivity contribution in [3.63, 3.8) is 0 Å². The zero-order valence-corrected chi connectivity index (χ0v) is 8.21. The summed E-state index contributed by atoms with van der Waals surface area (Å²) >= 11 is 0. The van der Waals surface area contributed by atoms with Crippen LogP contribution in [0.1, 0.15) is 5.69 Å². The zero-order chi connectivity index (χ0) is 11.9. The van der Waals surface area contributed by atoms with Crippen molar-refractivity contribution < 1.29 is 13.2 Å². The fraction of sp³-hybridized carbons (Fsp3) is 0.250. The Morgan fingerprint density at radius 3 is 2.62 bits per heavy atom. The Morgan fingerprint density at radius 2 is 2.12 bits per heavy atom. The number of hydrogen-bond acceptors (Lipinski definition) is 3. The molecular weight excluding hydrogens is 223 g/mol. The molecule has 0 saturated heterocycles. The lowest BCUT2D eigenvalue weighted by Crippen LogP contribution is -2.08. The first-order chi connectivity index (χ1) is 7.38. The van der Waals surface area contributed by atoms with Gasteiger partial charge in [-0.05, 0) is 0 Å². The van der Waals surface area contributed by atoms with E-state index in [1.165, 1.54) is 19.3 Å². The van der Waals surface area contributed by atoms with Crippen molar-refractivity contribution in [3.8, 4) is 11.3 Å². The molecule has 3 N–H and O–H groups in total. The van der Waals surface area contributed by atoms with Crippen molar-refractivity contribution in [2.24, 2.45) is 7.05 Å². The van der Waals surface area contributed by atoms with Gasteiger partial charge in [-0.2, -0.15) is 23.4 Å². The van der Waals surface area contributed by atoms with Gasteiger partial charge in [0, 0.05) is 19.3 Å². The van der Waals surface area contributed by atoms with Crippen LogP contribution in [0.15, 0.2) is 12.3 Å². The molecule has 2 rings (SSSR count). The number of aryl methyl sites for hydroxylation is 1. The zero-order valence-electron chi connectivity index (χ0n) is 8.21. The number of halogens is 3. The number of nitrogens with one attached hydrogen (secondary N) is 1. The van der Waals surface area contributed by atoms with Crippen molar-refractivity contribution >= 4 is 5.82 Å². The third-order valence-electron chi connectivity index (χ3n) is 1.99. The Labute approximate surface area is 88.1 Å². The number of anilines is 1. The van der Waals surface area contributed by atoms with Crippen molar-refractivity contribution in [2.75, 3.05) is 5.73 Å². The van der Waals surface area contributed by atoms with Crippen molar-refractivity contribution in [3.05, 3.63) is 18.0 Å². The molecule has 0 amide bonds. The Kier molecular flexibility index (Phi) is 2.14. The normalized spacial score (nSPS) is 12.0. The molecule has 0 spiro atoms. The van der Waals surface area contributed by atoms with Gasteiger partial charge >= 0.3 is 6.18 Å². The van der Waals surface area contributed by atoms with E-state index in [0.717, 1.165) is 4.68 Å². The Bertz CT molecular complexity index is 510. The summed E-state index contributed by atoms with van der Waals surface area (Å²) in [4.78, 5) is 0. The van der Waals surface area contributed by atoms with Crippen molar-refractivity contribution in [1.29, 1.82) is 0 Å². The SMILES string of the molecule is Cn1cc(-c2cc(N)n[nH]2)c(C(F)(F)F)n1. The van der Waals surface area contributed by atoms with Gasteiger partial charge in [-0.1, -0.05) is 0 Å². The van der Waals surface area contributed by atoms with E-state index >= 15 is 0 Å². The first-order valence-electron chi connectivity index (χ1n) is 4.30. The van der Waals surface area contributed by atoms with Crippen LogP contribution in [0, 0.1) is 0 Å². The number of hydrogen-bond donors (Lipinski definition) is 2. The van der Waals surface area contributed by atoms with Crippen LogP contribution in [0.3, 0.4) is 0 Å². The van der Waals surface area contributed by atoms with E-state index < -0.39 is 11.9 Å². The average molecular weight is 231 g/mol. The molecule has 0 aromatic carbocycles. The molecule has 0 aliphatic heterocycles. The van der Waals surface area contributed by atoms with Gasteiger partial charge in [0.2, 0.25) is 0 Å². The lowest BCUT2D eigenvalue weighted by Gasteiger charge is -2.03. The van der Waals surface area contributed by atoms with E-state index in [-0.39, 0.29) is 17.1 Å². The Hall–Kier alpha value is -1.99. The summed E-state index contributed by atoms with van der Waals surface area (Å²) in [5, 5.41) is 9.36. The van der Waals surface area contributed by atoms with Crippen molar-refractivity contribution in [1.82, 2.24) is 20.0 Å². The summed E-state index contributed by atoms with van der Waals surface area (Å²) in [5.41, 5.74) is 4.49. The highest BCUT2D eigenvalue weighted by atomic mass is 19.4. The molecule has 0 radical (unpaired) electrons. The highest BCUT2D eigenvalue weighted by molar-refractivity contribution is 5.64. The van der Waals surface area contributed by atoms with Gasteiger partial charge in [0.25, 0.3) is 0 Å². The number of nitrogens with zero attached hydrogens (tertiary/aromatic N) is 3. The summed E-state index contributed by atoms with van der Waals surface area (Å²) in [7, 11) is 1.42. The first-order valence-corrected chi connectivity index (χ1v) is 4.30. The minimum atomic E-state index is -4.50. The van der Waals surface area contributed by atoms with Gasteiger partial charge in [-0.3, -0.25) is 9.78 Å². The summed E-state index contributed by atoms with van der Waals surface area (Å²) in [6, 6.07) is 1.33. The maximum atomic E-state index is 12.6. The fourth-order valence-corrected chi connectivity index (χ4v) is 1.37. The van der Waals surface area contributed by atoms with Crippen LogP contribution in [0.4, 0.5) is 19.0 Å². The summed E-state index contributed by atoms with van der Waals surface area (Å²) in [6.45, 7) is 0. The van der Waals surface area contributed by atoms with Crippen LogP contribution in [0.2, 0.25) is 0 Å². The van der Waals surface area contributed by atoms with Crippen LogP contribution in [0.5, 0.6) is 0 Å². The van der Waals surface area contributed by atoms with E-state index in [1.54, 1.807) is 0 Å². The predicted octanol–water partition coefficient (Wildman–Crippen LogP) is 1.41. The maximum Gasteiger partial charge on any atom is 0.435 e. The second kappa shape index (κ2) is 3.26. The standard InChI is InChI=1S/C8H8F3N5/c1-16-3-4(5-2-6(12)14-13-5)7(15-16)8(9,10)11/h2-3H,1H3,(H3,12,13,14). The molecule has 0 aliphatic rings. The molecule has 8 heteroatoms. The molecule has 0 saturated carbocycles. The molecule has 0 atom stereocenters. The fourth-order valence-electron chi connectivity index (χ4n) is 1.37. The second-order valence-electron chi connectivity index (χ2n) is 3.27. The first kappa shape index (κ1) is 10.5. The maximum absolute atomic E-state index is 12.6. The third kappa shape index (κ3) is 1.73. The van der Waals surface area contributed by atoms with E-state index in [1.807, 2.05) is 0 Å². The van der Waals surface area contributed by atoms with Gasteiger partial charge in [0.15, 0.2) is 5.69 Å². The van der Waals surface area contributed by atoms with Gasteiger partial charge in [-0.15, -0.1) is 0 Å². The monoisotopic (exact) mass is 231 g/mol. The molecule has 2 aromatic heterocycles. The lowest BCUT2D eigenvalue weighted by molar-refractivity contribution is -0.141. The smallest absolute Gasteiger partial charge is 0.382 e. The van der Waals surface area contributed by atoms with Crippen LogP contribution in [-0.2, 0) is 13.2 Å². The van der Waals surface area contributed by atoms with Gasteiger partial charge < -0.3 is 5.73 Å². The molecule has 0 aliphatic carbocycles. The molecule has 16 heavy (non-hydrogen) atoms. The number of aromatic nitrogens is 4. The van der Waals surface area contributed by atoms with E-state index in [0.29, 0.717) is 0 Å². The van der Waals surface area contributed by atoms with Crippen LogP contribution < -0.4 is 5.73 Å². The van der Waals surface area contributed by atoms with Crippen LogP contribution >= 0.6 is 0 Å². The summed E-state index contributed by atoms with van der Waals surface area (Å²) < 4.78 is 38.9. The number of aromatic amines is 1. The van der Waals surface area contributed by atoms with Gasteiger partial charge in [0.05, 0.1) is 11.3 Å².